The second-order valence-electron chi connectivity index (χ2n) is 2.99. The zero-order chi connectivity index (χ0) is 11.3. The second kappa shape index (κ2) is 5.26. The van der Waals surface area contributed by atoms with E-state index >= 15 is 0 Å². The van der Waals surface area contributed by atoms with E-state index in [1.54, 1.807) is 12.3 Å². The Morgan fingerprint density at radius 3 is 2.93 bits per heavy atom. The van der Waals surface area contributed by atoms with Gasteiger partial charge in [0.15, 0.2) is 0 Å². The van der Waals surface area contributed by atoms with Crippen LogP contribution in [-0.2, 0) is 0 Å². The fourth-order valence-electron chi connectivity index (χ4n) is 1.39. The first-order chi connectivity index (χ1) is 7.20. The predicted octanol–water partition coefficient (Wildman–Crippen LogP) is 0.775. The van der Waals surface area contributed by atoms with Gasteiger partial charge in [0.25, 0.3) is 0 Å². The number of nitrogens with zero attached hydrogens (tertiary/aromatic N) is 3. The molecule has 0 spiro atoms. The highest BCUT2D eigenvalue weighted by atomic mass is 16.6. The molecule has 1 rings (SSSR count). The van der Waals surface area contributed by atoms with Gasteiger partial charge in [-0.15, -0.1) is 0 Å². The lowest BCUT2D eigenvalue weighted by Crippen LogP contribution is -2.29. The highest BCUT2D eigenvalue weighted by molar-refractivity contribution is 5.61. The minimum Gasteiger partial charge on any atom is -0.365 e. The summed E-state index contributed by atoms with van der Waals surface area (Å²) in [5.41, 5.74) is 6.03. The van der Waals surface area contributed by atoms with E-state index in [-0.39, 0.29) is 5.69 Å². The van der Waals surface area contributed by atoms with Gasteiger partial charge in [0.1, 0.15) is 11.9 Å². The van der Waals surface area contributed by atoms with Crippen LogP contribution in [0.15, 0.2) is 18.5 Å². The Morgan fingerprint density at radius 1 is 1.67 bits per heavy atom. The summed E-state index contributed by atoms with van der Waals surface area (Å²) in [5, 5.41) is 10.8. The van der Waals surface area contributed by atoms with Crippen molar-refractivity contribution in [2.45, 2.75) is 6.92 Å². The van der Waals surface area contributed by atoms with E-state index < -0.39 is 4.92 Å². The first kappa shape index (κ1) is 11.4. The van der Waals surface area contributed by atoms with Gasteiger partial charge in [-0.05, 0) is 13.0 Å². The van der Waals surface area contributed by atoms with Crippen molar-refractivity contribution < 1.29 is 4.92 Å². The molecule has 6 heteroatoms. The topological polar surface area (TPSA) is 85.3 Å². The van der Waals surface area contributed by atoms with Crippen molar-refractivity contribution in [3.63, 3.8) is 0 Å². The average molecular weight is 210 g/mol. The minimum absolute atomic E-state index is 0.0211. The van der Waals surface area contributed by atoms with Gasteiger partial charge in [-0.1, -0.05) is 0 Å². The van der Waals surface area contributed by atoms with Gasteiger partial charge in [-0.2, -0.15) is 0 Å². The van der Waals surface area contributed by atoms with Gasteiger partial charge >= 0.3 is 5.69 Å². The van der Waals surface area contributed by atoms with Crippen LogP contribution < -0.4 is 10.6 Å². The zero-order valence-corrected chi connectivity index (χ0v) is 8.59. The van der Waals surface area contributed by atoms with Crippen LogP contribution in [0.5, 0.6) is 0 Å². The molecule has 0 aliphatic rings. The van der Waals surface area contributed by atoms with E-state index in [2.05, 4.69) is 4.98 Å². The molecular weight excluding hydrogens is 196 g/mol. The molecule has 82 valence electrons. The lowest BCUT2D eigenvalue weighted by molar-refractivity contribution is -0.384. The monoisotopic (exact) mass is 210 g/mol. The van der Waals surface area contributed by atoms with Gasteiger partial charge in [0.2, 0.25) is 0 Å². The first-order valence-corrected chi connectivity index (χ1v) is 4.74. The molecule has 0 aliphatic heterocycles. The number of pyridine rings is 1. The number of anilines is 1. The molecule has 0 radical (unpaired) electrons. The Hall–Kier alpha value is -1.69. The highest BCUT2D eigenvalue weighted by Gasteiger charge is 2.17. The van der Waals surface area contributed by atoms with Crippen LogP contribution in [0, 0.1) is 10.1 Å². The van der Waals surface area contributed by atoms with Crippen LogP contribution in [0.3, 0.4) is 0 Å². The number of hydrogen-bond acceptors (Lipinski definition) is 5. The number of rotatable bonds is 5. The fourth-order valence-corrected chi connectivity index (χ4v) is 1.39. The Morgan fingerprint density at radius 2 is 2.40 bits per heavy atom. The SMILES string of the molecule is CCN(CCN)c1ccncc1[N+](=O)[O-]. The van der Waals surface area contributed by atoms with E-state index in [0.29, 0.717) is 25.3 Å². The van der Waals surface area contributed by atoms with Crippen molar-refractivity contribution in [3.05, 3.63) is 28.6 Å². The second-order valence-corrected chi connectivity index (χ2v) is 2.99. The number of aromatic nitrogens is 1. The van der Waals surface area contributed by atoms with Crippen molar-refractivity contribution in [3.8, 4) is 0 Å². The Balaban J connectivity index is 3.04. The lowest BCUT2D eigenvalue weighted by atomic mass is 10.3. The summed E-state index contributed by atoms with van der Waals surface area (Å²) in [5.74, 6) is 0. The maximum absolute atomic E-state index is 10.8. The average Bonchev–Trinajstić information content (AvgIpc) is 2.26. The van der Waals surface area contributed by atoms with Crippen molar-refractivity contribution in [2.24, 2.45) is 5.73 Å². The molecule has 1 aromatic rings. The molecule has 1 aromatic heterocycles. The predicted molar refractivity (Wildman–Crippen MR) is 57.8 cm³/mol. The maximum Gasteiger partial charge on any atom is 0.310 e. The third-order valence-electron chi connectivity index (χ3n) is 2.10. The van der Waals surface area contributed by atoms with Gasteiger partial charge in [0, 0.05) is 25.8 Å². The smallest absolute Gasteiger partial charge is 0.310 e. The first-order valence-electron chi connectivity index (χ1n) is 4.74. The Bertz CT molecular complexity index is 343. The van der Waals surface area contributed by atoms with E-state index in [1.807, 2.05) is 11.8 Å². The molecule has 6 nitrogen and oxygen atoms in total. The third kappa shape index (κ3) is 2.63. The molecule has 15 heavy (non-hydrogen) atoms. The maximum atomic E-state index is 10.8. The van der Waals surface area contributed by atoms with Crippen LogP contribution >= 0.6 is 0 Å². The number of hydrogen-bond donors (Lipinski definition) is 1. The normalized spacial score (nSPS) is 10.0. The summed E-state index contributed by atoms with van der Waals surface area (Å²) >= 11 is 0. The molecule has 0 fully saturated rings. The van der Waals surface area contributed by atoms with Crippen LogP contribution in [0.25, 0.3) is 0 Å². The molecule has 0 atom stereocenters. The van der Waals surface area contributed by atoms with Crippen LogP contribution in [-0.4, -0.2) is 29.5 Å². The molecule has 0 amide bonds. The summed E-state index contributed by atoms with van der Waals surface area (Å²) < 4.78 is 0. The number of nitro groups is 1. The summed E-state index contributed by atoms with van der Waals surface area (Å²) in [6.45, 7) is 3.68. The van der Waals surface area contributed by atoms with Crippen LogP contribution in [0.2, 0.25) is 0 Å². The van der Waals surface area contributed by atoms with Crippen molar-refractivity contribution in [1.29, 1.82) is 0 Å². The van der Waals surface area contributed by atoms with Crippen molar-refractivity contribution in [2.75, 3.05) is 24.5 Å². The van der Waals surface area contributed by atoms with Gasteiger partial charge < -0.3 is 10.6 Å². The molecule has 0 bridgehead atoms. The largest absolute Gasteiger partial charge is 0.365 e. The van der Waals surface area contributed by atoms with E-state index in [4.69, 9.17) is 5.73 Å². The molecule has 0 aromatic carbocycles. The van der Waals surface area contributed by atoms with Crippen molar-refractivity contribution >= 4 is 11.4 Å². The van der Waals surface area contributed by atoms with E-state index in [0.717, 1.165) is 0 Å². The molecule has 1 heterocycles. The van der Waals surface area contributed by atoms with Gasteiger partial charge in [-0.3, -0.25) is 15.1 Å². The number of likely N-dealkylation sites (N-methyl/N-ethyl adjacent to an activating group) is 1. The third-order valence-corrected chi connectivity index (χ3v) is 2.10. The lowest BCUT2D eigenvalue weighted by Gasteiger charge is -2.21. The number of nitrogens with two attached hydrogens (primary N) is 1. The standard InChI is InChI=1S/C9H14N4O2/c1-2-12(6-4-10)8-3-5-11-7-9(8)13(14)15/h3,5,7H,2,4,6,10H2,1H3. The van der Waals surface area contributed by atoms with Crippen LogP contribution in [0.4, 0.5) is 11.4 Å². The molecule has 0 aliphatic carbocycles. The molecule has 0 saturated heterocycles. The Labute approximate surface area is 87.9 Å². The van der Waals surface area contributed by atoms with Gasteiger partial charge in [-0.25, -0.2) is 0 Å². The van der Waals surface area contributed by atoms with Crippen LogP contribution in [0.1, 0.15) is 6.92 Å². The van der Waals surface area contributed by atoms with E-state index in [1.165, 1.54) is 6.20 Å². The summed E-state index contributed by atoms with van der Waals surface area (Å²) in [7, 11) is 0. The van der Waals surface area contributed by atoms with Gasteiger partial charge in [0.05, 0.1) is 4.92 Å². The highest BCUT2D eigenvalue weighted by Crippen LogP contribution is 2.25. The minimum atomic E-state index is -0.429. The van der Waals surface area contributed by atoms with E-state index in [9.17, 15) is 10.1 Å². The molecule has 0 unspecified atom stereocenters. The van der Waals surface area contributed by atoms with Crippen molar-refractivity contribution in [1.82, 2.24) is 4.98 Å². The summed E-state index contributed by atoms with van der Waals surface area (Å²) in [6.07, 6.45) is 2.80. The fraction of sp³-hybridized carbons (Fsp3) is 0.444. The molecule has 0 saturated carbocycles. The zero-order valence-electron chi connectivity index (χ0n) is 8.59. The quantitative estimate of drug-likeness (QED) is 0.573. The summed E-state index contributed by atoms with van der Waals surface area (Å²) in [4.78, 5) is 15.9. The Kier molecular flexibility index (Phi) is 3.99. The molecular formula is C9H14N4O2. The molecule has 2 N–H and O–H groups in total. The summed E-state index contributed by atoms with van der Waals surface area (Å²) in [6, 6.07) is 1.64.